The Balaban J connectivity index is 2.25. The number of nitrogens with one attached hydrogen (secondary N) is 1. The maximum atomic E-state index is 6.20. The van der Waals surface area contributed by atoms with Crippen LogP contribution in [0.2, 0.25) is 10.0 Å². The molecule has 2 atom stereocenters. The molecule has 1 aliphatic rings. The van der Waals surface area contributed by atoms with Crippen molar-refractivity contribution in [2.75, 3.05) is 18.0 Å². The molecule has 0 amide bonds. The predicted octanol–water partition coefficient (Wildman–Crippen LogP) is 3.18. The van der Waals surface area contributed by atoms with Crippen molar-refractivity contribution in [3.8, 4) is 0 Å². The van der Waals surface area contributed by atoms with E-state index in [0.717, 1.165) is 28.8 Å². The molecule has 88 valence electrons. The number of halogens is 2. The zero-order valence-electron chi connectivity index (χ0n) is 9.50. The van der Waals surface area contributed by atoms with E-state index < -0.39 is 0 Å². The summed E-state index contributed by atoms with van der Waals surface area (Å²) < 4.78 is 0. The minimum Gasteiger partial charge on any atom is -0.367 e. The van der Waals surface area contributed by atoms with Gasteiger partial charge in [-0.15, -0.1) is 0 Å². The second-order valence-electron chi connectivity index (χ2n) is 4.47. The fraction of sp³-hybridized carbons (Fsp3) is 0.500. The highest BCUT2D eigenvalue weighted by atomic mass is 35.5. The molecule has 1 heterocycles. The van der Waals surface area contributed by atoms with Crippen LogP contribution in [0.15, 0.2) is 18.2 Å². The maximum absolute atomic E-state index is 6.20. The Labute approximate surface area is 107 Å². The van der Waals surface area contributed by atoms with Gasteiger partial charge in [-0.25, -0.2) is 0 Å². The Morgan fingerprint density at radius 3 is 2.44 bits per heavy atom. The summed E-state index contributed by atoms with van der Waals surface area (Å²) in [7, 11) is 0. The van der Waals surface area contributed by atoms with E-state index in [-0.39, 0.29) is 0 Å². The molecule has 0 spiro atoms. The quantitative estimate of drug-likeness (QED) is 0.833. The molecule has 0 radical (unpaired) electrons. The van der Waals surface area contributed by atoms with Gasteiger partial charge in [-0.1, -0.05) is 23.2 Å². The van der Waals surface area contributed by atoms with E-state index in [1.165, 1.54) is 0 Å². The van der Waals surface area contributed by atoms with Crippen LogP contribution in [0.25, 0.3) is 0 Å². The zero-order chi connectivity index (χ0) is 11.7. The smallest absolute Gasteiger partial charge is 0.0640 e. The maximum Gasteiger partial charge on any atom is 0.0640 e. The fourth-order valence-electron chi connectivity index (χ4n) is 2.25. The van der Waals surface area contributed by atoms with Gasteiger partial charge in [-0.05, 0) is 32.0 Å². The molecule has 1 aromatic carbocycles. The normalized spacial score (nSPS) is 25.9. The van der Waals surface area contributed by atoms with E-state index in [1.54, 1.807) is 0 Å². The first-order valence-electron chi connectivity index (χ1n) is 5.52. The van der Waals surface area contributed by atoms with Gasteiger partial charge in [0.25, 0.3) is 0 Å². The Morgan fingerprint density at radius 1 is 1.19 bits per heavy atom. The van der Waals surface area contributed by atoms with Crippen LogP contribution in [0.4, 0.5) is 5.69 Å². The van der Waals surface area contributed by atoms with Crippen LogP contribution in [-0.2, 0) is 0 Å². The van der Waals surface area contributed by atoms with Crippen LogP contribution in [0.5, 0.6) is 0 Å². The van der Waals surface area contributed by atoms with Crippen LogP contribution in [0.1, 0.15) is 13.8 Å². The Morgan fingerprint density at radius 2 is 1.81 bits per heavy atom. The number of anilines is 1. The van der Waals surface area contributed by atoms with Crippen molar-refractivity contribution in [2.24, 2.45) is 0 Å². The summed E-state index contributed by atoms with van der Waals surface area (Å²) in [5.74, 6) is 0. The van der Waals surface area contributed by atoms with Crippen LogP contribution in [0, 0.1) is 0 Å². The van der Waals surface area contributed by atoms with Gasteiger partial charge in [0.2, 0.25) is 0 Å². The van der Waals surface area contributed by atoms with Crippen molar-refractivity contribution in [2.45, 2.75) is 25.9 Å². The average molecular weight is 259 g/mol. The number of piperazine rings is 1. The second-order valence-corrected chi connectivity index (χ2v) is 5.31. The van der Waals surface area contributed by atoms with Crippen LogP contribution >= 0.6 is 23.2 Å². The van der Waals surface area contributed by atoms with Crippen LogP contribution in [0.3, 0.4) is 0 Å². The topological polar surface area (TPSA) is 15.3 Å². The van der Waals surface area contributed by atoms with Crippen molar-refractivity contribution in [3.05, 3.63) is 28.2 Å². The third-order valence-electron chi connectivity index (χ3n) is 2.81. The second kappa shape index (κ2) is 4.82. The van der Waals surface area contributed by atoms with E-state index >= 15 is 0 Å². The molecule has 16 heavy (non-hydrogen) atoms. The highest BCUT2D eigenvalue weighted by Crippen LogP contribution is 2.30. The van der Waals surface area contributed by atoms with E-state index in [9.17, 15) is 0 Å². The molecule has 0 saturated carbocycles. The number of hydrogen-bond acceptors (Lipinski definition) is 2. The lowest BCUT2D eigenvalue weighted by molar-refractivity contribution is 0.407. The van der Waals surface area contributed by atoms with Gasteiger partial charge in [0.15, 0.2) is 0 Å². The largest absolute Gasteiger partial charge is 0.367 e. The molecule has 2 unspecified atom stereocenters. The van der Waals surface area contributed by atoms with Crippen molar-refractivity contribution in [1.29, 1.82) is 0 Å². The molecule has 0 bridgehead atoms. The molecule has 1 aromatic rings. The summed E-state index contributed by atoms with van der Waals surface area (Å²) in [5, 5.41) is 5.00. The van der Waals surface area contributed by atoms with Gasteiger partial charge < -0.3 is 10.2 Å². The molecular formula is C12H16Cl2N2. The summed E-state index contributed by atoms with van der Waals surface area (Å²) in [6, 6.07) is 6.56. The number of benzene rings is 1. The standard InChI is InChI=1S/C12H16Cl2N2/c1-8-6-16(7-9(2)15-8)12-5-10(13)3-4-11(12)14/h3-5,8-9,15H,6-7H2,1-2H3. The first kappa shape index (κ1) is 12.0. The molecule has 2 nitrogen and oxygen atoms in total. The van der Waals surface area contributed by atoms with Gasteiger partial charge in [0.05, 0.1) is 10.7 Å². The lowest BCUT2D eigenvalue weighted by Crippen LogP contribution is -2.54. The van der Waals surface area contributed by atoms with Crippen molar-refractivity contribution in [3.63, 3.8) is 0 Å². The van der Waals surface area contributed by atoms with Crippen molar-refractivity contribution < 1.29 is 0 Å². The third kappa shape index (κ3) is 2.62. The molecule has 2 rings (SSSR count). The Hall–Kier alpha value is -0.440. The first-order chi connectivity index (χ1) is 7.56. The monoisotopic (exact) mass is 258 g/mol. The molecule has 4 heteroatoms. The van der Waals surface area contributed by atoms with Gasteiger partial charge in [0.1, 0.15) is 0 Å². The molecule has 0 aromatic heterocycles. The molecule has 0 aliphatic carbocycles. The lowest BCUT2D eigenvalue weighted by atomic mass is 10.1. The summed E-state index contributed by atoms with van der Waals surface area (Å²) in [6.07, 6.45) is 0. The summed E-state index contributed by atoms with van der Waals surface area (Å²) in [4.78, 5) is 2.29. The Kier molecular flexibility index (Phi) is 3.63. The first-order valence-corrected chi connectivity index (χ1v) is 6.28. The predicted molar refractivity (Wildman–Crippen MR) is 70.7 cm³/mol. The lowest BCUT2D eigenvalue weighted by Gasteiger charge is -2.38. The summed E-state index contributed by atoms with van der Waals surface area (Å²) >= 11 is 12.2. The molecule has 1 saturated heterocycles. The number of nitrogens with zero attached hydrogens (tertiary/aromatic N) is 1. The van der Waals surface area contributed by atoms with Crippen molar-refractivity contribution in [1.82, 2.24) is 5.32 Å². The van der Waals surface area contributed by atoms with Gasteiger partial charge in [-0.3, -0.25) is 0 Å². The highest BCUT2D eigenvalue weighted by molar-refractivity contribution is 6.35. The minimum absolute atomic E-state index is 0.471. The van der Waals surface area contributed by atoms with E-state index in [1.807, 2.05) is 18.2 Å². The molecular weight excluding hydrogens is 243 g/mol. The molecule has 1 aliphatic heterocycles. The highest BCUT2D eigenvalue weighted by Gasteiger charge is 2.22. The Bertz CT molecular complexity index is 371. The average Bonchev–Trinajstić information content (AvgIpc) is 2.20. The van der Waals surface area contributed by atoms with E-state index in [2.05, 4.69) is 24.1 Å². The van der Waals surface area contributed by atoms with E-state index in [4.69, 9.17) is 23.2 Å². The zero-order valence-corrected chi connectivity index (χ0v) is 11.0. The summed E-state index contributed by atoms with van der Waals surface area (Å²) in [5.41, 5.74) is 1.04. The van der Waals surface area contributed by atoms with Gasteiger partial charge in [0, 0.05) is 30.2 Å². The number of rotatable bonds is 1. The van der Waals surface area contributed by atoms with Crippen LogP contribution in [-0.4, -0.2) is 25.2 Å². The molecule has 1 N–H and O–H groups in total. The SMILES string of the molecule is CC1CN(c2cc(Cl)ccc2Cl)CC(C)N1. The number of hydrogen-bond donors (Lipinski definition) is 1. The third-order valence-corrected chi connectivity index (χ3v) is 3.36. The van der Waals surface area contributed by atoms with Crippen molar-refractivity contribution >= 4 is 28.9 Å². The van der Waals surface area contributed by atoms with Crippen LogP contribution < -0.4 is 10.2 Å². The fourth-order valence-corrected chi connectivity index (χ4v) is 2.66. The molecule has 1 fully saturated rings. The van der Waals surface area contributed by atoms with Gasteiger partial charge >= 0.3 is 0 Å². The minimum atomic E-state index is 0.471. The van der Waals surface area contributed by atoms with Gasteiger partial charge in [-0.2, -0.15) is 0 Å². The summed E-state index contributed by atoms with van der Waals surface area (Å²) in [6.45, 7) is 6.29. The van der Waals surface area contributed by atoms with E-state index in [0.29, 0.717) is 12.1 Å².